The van der Waals surface area contributed by atoms with E-state index in [1.807, 2.05) is 13.8 Å². The Morgan fingerprint density at radius 1 is 0.957 bits per heavy atom. The van der Waals surface area contributed by atoms with Crippen molar-refractivity contribution in [3.05, 3.63) is 12.2 Å². The van der Waals surface area contributed by atoms with Crippen molar-refractivity contribution < 1.29 is 9.47 Å². The molecule has 0 aliphatic carbocycles. The number of rotatable bonds is 12. The van der Waals surface area contributed by atoms with Gasteiger partial charge in [0.1, 0.15) is 0 Å². The zero-order valence-electron chi connectivity index (χ0n) is 16.3. The fourth-order valence-corrected chi connectivity index (χ4v) is 18.8. The Balaban J connectivity index is 2.64. The van der Waals surface area contributed by atoms with Crippen LogP contribution < -0.4 is 0 Å². The number of hydrogen-bond acceptors (Lipinski definition) is 2. The fraction of sp³-hybridized carbons (Fsp3) is 0.900. The molecule has 1 heterocycles. The summed E-state index contributed by atoms with van der Waals surface area (Å²) in [5.74, 6) is -0.401. The van der Waals surface area contributed by atoms with Crippen LogP contribution in [0.15, 0.2) is 12.2 Å². The topological polar surface area (TPSA) is 18.5 Å². The zero-order valence-corrected chi connectivity index (χ0v) is 19.2. The van der Waals surface area contributed by atoms with Gasteiger partial charge in [-0.05, 0) is 0 Å². The predicted molar refractivity (Wildman–Crippen MR) is 104 cm³/mol. The van der Waals surface area contributed by atoms with E-state index in [2.05, 4.69) is 32.9 Å². The first-order valence-electron chi connectivity index (χ1n) is 9.95. The van der Waals surface area contributed by atoms with Crippen molar-refractivity contribution in [1.29, 1.82) is 0 Å². The molecule has 0 radical (unpaired) electrons. The van der Waals surface area contributed by atoms with Crippen molar-refractivity contribution in [3.63, 3.8) is 0 Å². The first kappa shape index (κ1) is 21.5. The maximum absolute atomic E-state index is 5.92. The van der Waals surface area contributed by atoms with Gasteiger partial charge >= 0.3 is 149 Å². The molecule has 23 heavy (non-hydrogen) atoms. The fourth-order valence-electron chi connectivity index (χ4n) is 3.62. The minimum atomic E-state index is -2.00. The van der Waals surface area contributed by atoms with Crippen LogP contribution in [-0.4, -0.2) is 36.9 Å². The molecule has 0 aromatic heterocycles. The molecular weight excluding hydrogens is 391 g/mol. The van der Waals surface area contributed by atoms with E-state index < -0.39 is 24.2 Å². The Bertz CT molecular complexity index is 317. The second-order valence-electron chi connectivity index (χ2n) is 7.81. The number of hydrogen-bond donors (Lipinski definition) is 0. The Morgan fingerprint density at radius 3 is 1.87 bits per heavy atom. The van der Waals surface area contributed by atoms with Gasteiger partial charge < -0.3 is 0 Å². The van der Waals surface area contributed by atoms with Gasteiger partial charge in [-0.15, -0.1) is 0 Å². The zero-order chi connectivity index (χ0) is 17.2. The van der Waals surface area contributed by atoms with Gasteiger partial charge in [0, 0.05) is 0 Å². The first-order chi connectivity index (χ1) is 11.0. The SMILES string of the molecule is CCC[CH2][Sn]([CH2]/C=C/[C@H]1COC(C)(C)O1)([CH2]CCC)[CH2]CCC. The van der Waals surface area contributed by atoms with Crippen LogP contribution in [0.3, 0.4) is 0 Å². The van der Waals surface area contributed by atoms with E-state index >= 15 is 0 Å². The molecule has 0 bridgehead atoms. The first-order valence-corrected chi connectivity index (χ1v) is 18.0. The summed E-state index contributed by atoms with van der Waals surface area (Å²) in [6.07, 6.45) is 13.4. The third-order valence-corrected chi connectivity index (χ3v) is 20.4. The van der Waals surface area contributed by atoms with Crippen LogP contribution in [0.25, 0.3) is 0 Å². The van der Waals surface area contributed by atoms with Crippen LogP contribution in [-0.2, 0) is 9.47 Å². The molecule has 0 amide bonds. The molecular formula is C20H40O2Sn. The van der Waals surface area contributed by atoms with Crippen molar-refractivity contribution in [1.82, 2.24) is 0 Å². The Kier molecular flexibility index (Phi) is 10.4. The van der Waals surface area contributed by atoms with Gasteiger partial charge in [0.2, 0.25) is 0 Å². The normalized spacial score (nSPS) is 21.3. The maximum atomic E-state index is 5.92. The van der Waals surface area contributed by atoms with E-state index in [1.165, 1.54) is 43.0 Å². The molecule has 0 unspecified atom stereocenters. The van der Waals surface area contributed by atoms with Crippen LogP contribution in [0.5, 0.6) is 0 Å². The molecule has 0 spiro atoms. The monoisotopic (exact) mass is 432 g/mol. The second kappa shape index (κ2) is 11.1. The molecule has 1 saturated heterocycles. The van der Waals surface area contributed by atoms with Gasteiger partial charge in [-0.25, -0.2) is 0 Å². The van der Waals surface area contributed by atoms with E-state index in [0.717, 1.165) is 0 Å². The van der Waals surface area contributed by atoms with Gasteiger partial charge in [0.05, 0.1) is 0 Å². The average Bonchev–Trinajstić information content (AvgIpc) is 2.87. The average molecular weight is 431 g/mol. The van der Waals surface area contributed by atoms with Gasteiger partial charge in [-0.2, -0.15) is 0 Å². The molecule has 1 fully saturated rings. The van der Waals surface area contributed by atoms with Gasteiger partial charge in [0.15, 0.2) is 0 Å². The molecule has 0 N–H and O–H groups in total. The minimum absolute atomic E-state index is 0.164. The number of unbranched alkanes of at least 4 members (excludes halogenated alkanes) is 3. The van der Waals surface area contributed by atoms with E-state index in [-0.39, 0.29) is 6.10 Å². The molecule has 0 aromatic carbocycles. The van der Waals surface area contributed by atoms with E-state index in [1.54, 1.807) is 13.3 Å². The summed E-state index contributed by atoms with van der Waals surface area (Å²) >= 11 is -2.00. The van der Waals surface area contributed by atoms with Gasteiger partial charge in [-0.3, -0.25) is 0 Å². The summed E-state index contributed by atoms with van der Waals surface area (Å²) in [5, 5.41) is 0. The summed E-state index contributed by atoms with van der Waals surface area (Å²) in [4.78, 5) is 0. The molecule has 1 rings (SSSR count). The molecule has 136 valence electrons. The van der Waals surface area contributed by atoms with E-state index in [0.29, 0.717) is 6.61 Å². The van der Waals surface area contributed by atoms with Crippen molar-refractivity contribution in [2.24, 2.45) is 0 Å². The van der Waals surface area contributed by atoms with E-state index in [9.17, 15) is 0 Å². The molecule has 1 aliphatic rings. The van der Waals surface area contributed by atoms with E-state index in [4.69, 9.17) is 9.47 Å². The van der Waals surface area contributed by atoms with Gasteiger partial charge in [-0.1, -0.05) is 0 Å². The predicted octanol–water partition coefficient (Wildman–Crippen LogP) is 6.54. The summed E-state index contributed by atoms with van der Waals surface area (Å²) < 4.78 is 17.8. The summed E-state index contributed by atoms with van der Waals surface area (Å²) in [6, 6.07) is 0. The van der Waals surface area contributed by atoms with Crippen molar-refractivity contribution in [2.75, 3.05) is 6.61 Å². The van der Waals surface area contributed by atoms with Crippen molar-refractivity contribution in [2.45, 2.75) is 103 Å². The van der Waals surface area contributed by atoms with Crippen LogP contribution in [0.4, 0.5) is 0 Å². The van der Waals surface area contributed by atoms with Crippen LogP contribution in [0.2, 0.25) is 17.7 Å². The third-order valence-electron chi connectivity index (χ3n) is 5.11. The van der Waals surface area contributed by atoms with Crippen LogP contribution >= 0.6 is 0 Å². The second-order valence-corrected chi connectivity index (χ2v) is 21.8. The molecule has 1 atom stereocenters. The molecule has 3 heteroatoms. The number of ether oxygens (including phenoxy) is 2. The summed E-state index contributed by atoms with van der Waals surface area (Å²) in [5.41, 5.74) is 0. The number of allylic oxidation sites excluding steroid dienone is 1. The Morgan fingerprint density at radius 2 is 1.48 bits per heavy atom. The van der Waals surface area contributed by atoms with Crippen LogP contribution in [0.1, 0.15) is 73.1 Å². The molecule has 1 aliphatic heterocycles. The third kappa shape index (κ3) is 8.40. The Hall–Kier alpha value is 0.459. The molecule has 0 aromatic rings. The quantitative estimate of drug-likeness (QED) is 0.258. The summed E-state index contributed by atoms with van der Waals surface area (Å²) in [6.45, 7) is 11.8. The molecule has 0 saturated carbocycles. The standard InChI is InChI=1S/C8H13O2.3C4H9.Sn/c1-4-5-7-6-9-8(2,3)10-7;3*1-3-4-2;/h4-5,7H,1,6H2,2-3H3;3*1,3-4H2,2H3;/b5-4+;;;;/t7-;;;;/m0..../s1. The molecule has 2 nitrogen and oxygen atoms in total. The van der Waals surface area contributed by atoms with Crippen molar-refractivity contribution in [3.8, 4) is 0 Å². The van der Waals surface area contributed by atoms with Crippen LogP contribution in [0, 0.1) is 0 Å². The van der Waals surface area contributed by atoms with Gasteiger partial charge in [0.25, 0.3) is 0 Å². The Labute approximate surface area is 149 Å². The van der Waals surface area contributed by atoms with Crippen molar-refractivity contribution >= 4 is 18.4 Å². The summed E-state index contributed by atoms with van der Waals surface area (Å²) in [7, 11) is 0.